The Balaban J connectivity index is 2.08. The molecule has 0 bridgehead atoms. The molecule has 0 fully saturated rings. The summed E-state index contributed by atoms with van der Waals surface area (Å²) in [7, 11) is 0. The van der Waals surface area contributed by atoms with Crippen molar-refractivity contribution in [2.24, 2.45) is 4.99 Å². The minimum Gasteiger partial charge on any atom is -0.434 e. The third-order valence-corrected chi connectivity index (χ3v) is 3.63. The molecule has 0 aliphatic heterocycles. The van der Waals surface area contributed by atoms with Crippen LogP contribution in [0.25, 0.3) is 0 Å². The van der Waals surface area contributed by atoms with Crippen molar-refractivity contribution < 1.29 is 22.4 Å². The van der Waals surface area contributed by atoms with Gasteiger partial charge in [-0.15, -0.1) is 0 Å². The number of aromatic nitrogens is 1. The number of halogens is 3. The number of guanidine groups is 1. The van der Waals surface area contributed by atoms with Crippen LogP contribution in [0.1, 0.15) is 43.7 Å². The molecule has 0 spiro atoms. The minimum absolute atomic E-state index is 0.0447. The third-order valence-electron chi connectivity index (χ3n) is 3.63. The lowest BCUT2D eigenvalue weighted by molar-refractivity contribution is -0.0506. The van der Waals surface area contributed by atoms with Gasteiger partial charge in [-0.2, -0.15) is 8.78 Å². The van der Waals surface area contributed by atoms with Crippen LogP contribution in [0.5, 0.6) is 5.75 Å². The van der Waals surface area contributed by atoms with E-state index in [1.807, 2.05) is 26.8 Å². The average molecular weight is 384 g/mol. The molecule has 0 saturated heterocycles. The number of benzene rings is 1. The maximum Gasteiger partial charge on any atom is 0.387 e. The van der Waals surface area contributed by atoms with E-state index in [9.17, 15) is 13.2 Å². The SMILES string of the molecule is CCNC(=NCc1c(F)cccc1OC(F)F)NCc1cc(C(C)C)no1. The largest absolute Gasteiger partial charge is 0.434 e. The van der Waals surface area contributed by atoms with Gasteiger partial charge >= 0.3 is 6.61 Å². The van der Waals surface area contributed by atoms with Crippen molar-refractivity contribution in [3.05, 3.63) is 47.1 Å². The molecule has 1 heterocycles. The van der Waals surface area contributed by atoms with Crippen molar-refractivity contribution in [3.63, 3.8) is 0 Å². The van der Waals surface area contributed by atoms with Crippen LogP contribution < -0.4 is 15.4 Å². The zero-order chi connectivity index (χ0) is 19.8. The number of hydrogen-bond acceptors (Lipinski definition) is 4. The number of nitrogens with one attached hydrogen (secondary N) is 2. The van der Waals surface area contributed by atoms with Gasteiger partial charge in [-0.05, 0) is 25.0 Å². The van der Waals surface area contributed by atoms with E-state index in [2.05, 4.69) is 25.5 Å². The molecule has 9 heteroatoms. The Morgan fingerprint density at radius 3 is 2.70 bits per heavy atom. The van der Waals surface area contributed by atoms with Crippen molar-refractivity contribution in [1.29, 1.82) is 0 Å². The van der Waals surface area contributed by atoms with Gasteiger partial charge in [0.15, 0.2) is 11.7 Å². The van der Waals surface area contributed by atoms with E-state index in [1.165, 1.54) is 18.2 Å². The molecule has 0 unspecified atom stereocenters. The number of alkyl halides is 2. The smallest absolute Gasteiger partial charge is 0.387 e. The minimum atomic E-state index is -3.04. The number of hydrogen-bond donors (Lipinski definition) is 2. The predicted molar refractivity (Wildman–Crippen MR) is 95.3 cm³/mol. The summed E-state index contributed by atoms with van der Waals surface area (Å²) in [5.41, 5.74) is 0.797. The maximum atomic E-state index is 14.0. The molecule has 2 rings (SSSR count). The van der Waals surface area contributed by atoms with Crippen molar-refractivity contribution in [1.82, 2.24) is 15.8 Å². The van der Waals surface area contributed by atoms with Crippen LogP contribution in [0.4, 0.5) is 13.2 Å². The first-order valence-electron chi connectivity index (χ1n) is 8.60. The molecule has 0 saturated carbocycles. The van der Waals surface area contributed by atoms with E-state index in [0.29, 0.717) is 24.8 Å². The number of rotatable bonds is 8. The Morgan fingerprint density at radius 1 is 1.30 bits per heavy atom. The quantitative estimate of drug-likeness (QED) is 0.535. The summed E-state index contributed by atoms with van der Waals surface area (Å²) < 4.78 is 48.6. The van der Waals surface area contributed by atoms with Gasteiger partial charge in [0.25, 0.3) is 0 Å². The van der Waals surface area contributed by atoms with E-state index >= 15 is 0 Å². The lowest BCUT2D eigenvalue weighted by Gasteiger charge is -2.12. The molecular formula is C18H23F3N4O2. The highest BCUT2D eigenvalue weighted by atomic mass is 19.3. The molecular weight excluding hydrogens is 361 g/mol. The highest BCUT2D eigenvalue weighted by Gasteiger charge is 2.14. The summed E-state index contributed by atoms with van der Waals surface area (Å²) in [6.45, 7) is 3.57. The Labute approximate surface area is 155 Å². The standard InChI is InChI=1S/C18H23F3N4O2/c1-4-22-18(23-9-12-8-15(11(2)3)25-27-12)24-10-13-14(19)6-5-7-16(13)26-17(20)21/h5-8,11,17H,4,9-10H2,1-3H3,(H2,22,23,24). The van der Waals surface area contributed by atoms with Gasteiger partial charge in [-0.1, -0.05) is 25.1 Å². The first-order valence-corrected chi connectivity index (χ1v) is 8.60. The van der Waals surface area contributed by atoms with Gasteiger partial charge in [0.2, 0.25) is 0 Å². The molecule has 0 radical (unpaired) electrons. The van der Waals surface area contributed by atoms with Crippen LogP contribution >= 0.6 is 0 Å². The monoisotopic (exact) mass is 384 g/mol. The number of aliphatic imine (C=N–C) groups is 1. The number of ether oxygens (including phenoxy) is 1. The second-order valence-corrected chi connectivity index (χ2v) is 6.02. The van der Waals surface area contributed by atoms with E-state index in [1.54, 1.807) is 0 Å². The van der Waals surface area contributed by atoms with Crippen LogP contribution in [0.15, 0.2) is 33.8 Å². The highest BCUT2D eigenvalue weighted by Crippen LogP contribution is 2.24. The molecule has 0 aliphatic carbocycles. The summed E-state index contributed by atoms with van der Waals surface area (Å²) in [6, 6.07) is 5.60. The Hall–Kier alpha value is -2.71. The normalized spacial score (nSPS) is 11.9. The molecule has 2 aromatic rings. The summed E-state index contributed by atoms with van der Waals surface area (Å²) in [4.78, 5) is 4.24. The zero-order valence-electron chi connectivity index (χ0n) is 15.4. The van der Waals surface area contributed by atoms with Gasteiger partial charge in [0.05, 0.1) is 24.3 Å². The van der Waals surface area contributed by atoms with Gasteiger partial charge in [0, 0.05) is 12.6 Å². The lowest BCUT2D eigenvalue weighted by atomic mass is 10.1. The molecule has 148 valence electrons. The first-order chi connectivity index (χ1) is 12.9. The zero-order valence-corrected chi connectivity index (χ0v) is 15.4. The Morgan fingerprint density at radius 2 is 2.07 bits per heavy atom. The molecule has 0 aliphatic rings. The molecule has 6 nitrogen and oxygen atoms in total. The van der Waals surface area contributed by atoms with Gasteiger partial charge in [-0.25, -0.2) is 9.38 Å². The second kappa shape index (κ2) is 9.84. The van der Waals surface area contributed by atoms with Crippen molar-refractivity contribution in [3.8, 4) is 5.75 Å². The summed E-state index contributed by atoms with van der Waals surface area (Å²) >= 11 is 0. The fourth-order valence-electron chi connectivity index (χ4n) is 2.25. The van der Waals surface area contributed by atoms with Crippen LogP contribution in [0.3, 0.4) is 0 Å². The Bertz CT molecular complexity index is 763. The second-order valence-electron chi connectivity index (χ2n) is 6.02. The molecule has 0 amide bonds. The van der Waals surface area contributed by atoms with Crippen molar-refractivity contribution >= 4 is 5.96 Å². The van der Waals surface area contributed by atoms with E-state index in [0.717, 1.165) is 5.69 Å². The fraction of sp³-hybridized carbons (Fsp3) is 0.444. The van der Waals surface area contributed by atoms with Crippen LogP contribution in [-0.4, -0.2) is 24.3 Å². The Kier molecular flexibility index (Phi) is 7.51. The number of nitrogens with zero attached hydrogens (tertiary/aromatic N) is 2. The summed E-state index contributed by atoms with van der Waals surface area (Å²) in [5.74, 6) is 0.354. The van der Waals surface area contributed by atoms with E-state index in [-0.39, 0.29) is 23.8 Å². The first kappa shape index (κ1) is 20.6. The molecule has 2 N–H and O–H groups in total. The van der Waals surface area contributed by atoms with Crippen LogP contribution in [-0.2, 0) is 13.1 Å². The lowest BCUT2D eigenvalue weighted by Crippen LogP contribution is -2.36. The van der Waals surface area contributed by atoms with Crippen LogP contribution in [0.2, 0.25) is 0 Å². The summed E-state index contributed by atoms with van der Waals surface area (Å²) in [6.07, 6.45) is 0. The third kappa shape index (κ3) is 6.19. The average Bonchev–Trinajstić information content (AvgIpc) is 3.08. The van der Waals surface area contributed by atoms with Gasteiger partial charge < -0.3 is 19.9 Å². The molecule has 0 atom stereocenters. The highest BCUT2D eigenvalue weighted by molar-refractivity contribution is 5.79. The molecule has 27 heavy (non-hydrogen) atoms. The van der Waals surface area contributed by atoms with Gasteiger partial charge in [0.1, 0.15) is 11.6 Å². The predicted octanol–water partition coefficient (Wildman–Crippen LogP) is 3.79. The fourth-order valence-corrected chi connectivity index (χ4v) is 2.25. The van der Waals surface area contributed by atoms with E-state index < -0.39 is 12.4 Å². The topological polar surface area (TPSA) is 71.7 Å². The van der Waals surface area contributed by atoms with Crippen molar-refractivity contribution in [2.45, 2.75) is 46.4 Å². The maximum absolute atomic E-state index is 14.0. The summed E-state index contributed by atoms with van der Waals surface area (Å²) in [5, 5.41) is 10.0. The van der Waals surface area contributed by atoms with Gasteiger partial charge in [-0.3, -0.25) is 0 Å². The molecule has 1 aromatic carbocycles. The molecule has 1 aromatic heterocycles. The van der Waals surface area contributed by atoms with Crippen molar-refractivity contribution in [2.75, 3.05) is 6.54 Å². The van der Waals surface area contributed by atoms with Crippen LogP contribution in [0, 0.1) is 5.82 Å². The van der Waals surface area contributed by atoms with E-state index in [4.69, 9.17) is 4.52 Å².